The van der Waals surface area contributed by atoms with Crippen molar-refractivity contribution in [2.24, 2.45) is 11.8 Å². The molecule has 0 saturated heterocycles. The van der Waals surface area contributed by atoms with Crippen LogP contribution in [0.15, 0.2) is 18.3 Å². The summed E-state index contributed by atoms with van der Waals surface area (Å²) in [6, 6.07) is 1.95. The number of pyridine rings is 1. The number of nitrogens with zero attached hydrogens (tertiary/aromatic N) is 1. The molecule has 2 N–H and O–H groups in total. The van der Waals surface area contributed by atoms with Crippen LogP contribution in [0.4, 0.5) is 13.2 Å². The summed E-state index contributed by atoms with van der Waals surface area (Å²) in [4.78, 5) is 26.1. The van der Waals surface area contributed by atoms with E-state index in [1.165, 1.54) is 0 Å². The SMILES string of the molecule is O=C(O)C1CCC1C(=O)NCCOc1ccc(C(F)(F)F)cn1. The molecule has 0 aromatic carbocycles. The van der Waals surface area contributed by atoms with Gasteiger partial charge in [0, 0.05) is 12.3 Å². The van der Waals surface area contributed by atoms with Crippen LogP contribution in [0.1, 0.15) is 18.4 Å². The van der Waals surface area contributed by atoms with Gasteiger partial charge in [-0.1, -0.05) is 0 Å². The quantitative estimate of drug-likeness (QED) is 0.774. The molecule has 1 amide bonds. The van der Waals surface area contributed by atoms with Gasteiger partial charge in [0.25, 0.3) is 0 Å². The summed E-state index contributed by atoms with van der Waals surface area (Å²) in [6.07, 6.45) is -2.77. The van der Waals surface area contributed by atoms with Crippen molar-refractivity contribution < 1.29 is 32.6 Å². The Balaban J connectivity index is 1.71. The minimum Gasteiger partial charge on any atom is -0.481 e. The van der Waals surface area contributed by atoms with Crippen LogP contribution < -0.4 is 10.1 Å². The Morgan fingerprint density at radius 1 is 1.30 bits per heavy atom. The van der Waals surface area contributed by atoms with Crippen LogP contribution >= 0.6 is 0 Å². The number of aliphatic carboxylic acids is 1. The third-order valence-corrected chi connectivity index (χ3v) is 3.64. The molecule has 1 aliphatic carbocycles. The minimum atomic E-state index is -4.46. The summed E-state index contributed by atoms with van der Waals surface area (Å²) in [7, 11) is 0. The summed E-state index contributed by atoms with van der Waals surface area (Å²) in [5.74, 6) is -2.50. The standard InChI is InChI=1S/C14H15F3N2O4/c15-14(16,17)8-1-4-11(19-7-8)23-6-5-18-12(20)9-2-3-10(9)13(21)22/h1,4,7,9-10H,2-3,5-6H2,(H,18,20)(H,21,22). The van der Waals surface area contributed by atoms with Crippen molar-refractivity contribution in [2.45, 2.75) is 19.0 Å². The largest absolute Gasteiger partial charge is 0.481 e. The Hall–Kier alpha value is -2.32. The highest BCUT2D eigenvalue weighted by molar-refractivity contribution is 5.86. The van der Waals surface area contributed by atoms with Crippen molar-refractivity contribution in [3.8, 4) is 5.88 Å². The van der Waals surface area contributed by atoms with Crippen LogP contribution in [-0.2, 0) is 15.8 Å². The molecule has 2 rings (SSSR count). The highest BCUT2D eigenvalue weighted by Crippen LogP contribution is 2.34. The van der Waals surface area contributed by atoms with Crippen molar-refractivity contribution in [1.82, 2.24) is 10.3 Å². The van der Waals surface area contributed by atoms with Crippen molar-refractivity contribution in [3.05, 3.63) is 23.9 Å². The molecule has 0 radical (unpaired) electrons. The summed E-state index contributed by atoms with van der Waals surface area (Å²) < 4.78 is 42.2. The Bertz CT molecular complexity index is 574. The maximum Gasteiger partial charge on any atom is 0.417 e. The van der Waals surface area contributed by atoms with Crippen LogP contribution in [0.2, 0.25) is 0 Å². The van der Waals surface area contributed by atoms with Gasteiger partial charge in [0.1, 0.15) is 6.61 Å². The van der Waals surface area contributed by atoms with E-state index in [1.54, 1.807) is 0 Å². The number of carboxylic acid groups (broad SMARTS) is 1. The van der Waals surface area contributed by atoms with Gasteiger partial charge in [-0.2, -0.15) is 13.2 Å². The maximum absolute atomic E-state index is 12.3. The second kappa shape index (κ2) is 6.84. The summed E-state index contributed by atoms with van der Waals surface area (Å²) in [5, 5.41) is 11.4. The third kappa shape index (κ3) is 4.33. The third-order valence-electron chi connectivity index (χ3n) is 3.64. The fourth-order valence-corrected chi connectivity index (χ4v) is 2.20. The molecule has 1 aliphatic rings. The van der Waals surface area contributed by atoms with E-state index in [1.807, 2.05) is 0 Å². The molecule has 23 heavy (non-hydrogen) atoms. The lowest BCUT2D eigenvalue weighted by atomic mass is 9.73. The van der Waals surface area contributed by atoms with E-state index in [4.69, 9.17) is 9.84 Å². The van der Waals surface area contributed by atoms with Gasteiger partial charge in [0.05, 0.1) is 23.9 Å². The highest BCUT2D eigenvalue weighted by Gasteiger charge is 2.41. The number of rotatable bonds is 6. The molecule has 1 aromatic rings. The molecule has 2 atom stereocenters. The number of halogens is 3. The number of ether oxygens (including phenoxy) is 1. The van der Waals surface area contributed by atoms with E-state index in [0.29, 0.717) is 19.0 Å². The molecule has 0 spiro atoms. The lowest BCUT2D eigenvalue weighted by Crippen LogP contribution is -2.44. The number of amides is 1. The van der Waals surface area contributed by atoms with Crippen LogP contribution in [0, 0.1) is 11.8 Å². The molecule has 0 bridgehead atoms. The van der Waals surface area contributed by atoms with Gasteiger partial charge in [0.2, 0.25) is 11.8 Å². The molecule has 1 aromatic heterocycles. The number of alkyl halides is 3. The molecule has 0 aliphatic heterocycles. The number of carbonyl (C=O) groups is 2. The first-order valence-electron chi connectivity index (χ1n) is 6.95. The van der Waals surface area contributed by atoms with Crippen LogP contribution in [0.3, 0.4) is 0 Å². The zero-order valence-corrected chi connectivity index (χ0v) is 12.0. The number of carbonyl (C=O) groups excluding carboxylic acids is 1. The highest BCUT2D eigenvalue weighted by atomic mass is 19.4. The number of aromatic nitrogens is 1. The number of hydrogen-bond donors (Lipinski definition) is 2. The molecule has 9 heteroatoms. The van der Waals surface area contributed by atoms with Crippen LogP contribution in [0.25, 0.3) is 0 Å². The van der Waals surface area contributed by atoms with Crippen molar-refractivity contribution in [3.63, 3.8) is 0 Å². The molecule has 1 fully saturated rings. The lowest BCUT2D eigenvalue weighted by Gasteiger charge is -2.31. The van der Waals surface area contributed by atoms with E-state index in [0.717, 1.165) is 12.1 Å². The predicted molar refractivity (Wildman–Crippen MR) is 71.6 cm³/mol. The molecular formula is C14H15F3N2O4. The second-order valence-corrected chi connectivity index (χ2v) is 5.15. The maximum atomic E-state index is 12.3. The first kappa shape index (κ1) is 17.0. The number of carboxylic acids is 1. The van der Waals surface area contributed by atoms with Gasteiger partial charge >= 0.3 is 12.1 Å². The first-order chi connectivity index (χ1) is 10.8. The van der Waals surface area contributed by atoms with Crippen molar-refractivity contribution in [2.75, 3.05) is 13.2 Å². The van der Waals surface area contributed by atoms with Gasteiger partial charge in [-0.25, -0.2) is 4.98 Å². The number of hydrogen-bond acceptors (Lipinski definition) is 4. The van der Waals surface area contributed by atoms with E-state index in [-0.39, 0.29) is 24.9 Å². The Morgan fingerprint density at radius 2 is 2.00 bits per heavy atom. The molecule has 6 nitrogen and oxygen atoms in total. The Morgan fingerprint density at radius 3 is 2.48 bits per heavy atom. The van der Waals surface area contributed by atoms with Crippen molar-refractivity contribution in [1.29, 1.82) is 0 Å². The Kier molecular flexibility index (Phi) is 5.07. The zero-order valence-electron chi connectivity index (χ0n) is 12.0. The topological polar surface area (TPSA) is 88.5 Å². The fourth-order valence-electron chi connectivity index (χ4n) is 2.20. The molecular weight excluding hydrogens is 317 g/mol. The molecule has 1 heterocycles. The van der Waals surface area contributed by atoms with Crippen molar-refractivity contribution >= 4 is 11.9 Å². The van der Waals surface area contributed by atoms with Gasteiger partial charge in [-0.05, 0) is 18.9 Å². The number of nitrogens with one attached hydrogen (secondary N) is 1. The lowest BCUT2D eigenvalue weighted by molar-refractivity contribution is -0.152. The van der Waals surface area contributed by atoms with Gasteiger partial charge < -0.3 is 15.2 Å². The minimum absolute atomic E-state index is 0.0132. The normalized spacial score (nSPS) is 20.5. The zero-order chi connectivity index (χ0) is 17.0. The fraction of sp³-hybridized carbons (Fsp3) is 0.500. The molecule has 1 saturated carbocycles. The molecule has 2 unspecified atom stereocenters. The average Bonchev–Trinajstić information content (AvgIpc) is 2.41. The van der Waals surface area contributed by atoms with E-state index < -0.39 is 29.5 Å². The summed E-state index contributed by atoms with van der Waals surface area (Å²) >= 11 is 0. The molecule has 126 valence electrons. The van der Waals surface area contributed by atoms with E-state index >= 15 is 0 Å². The van der Waals surface area contributed by atoms with Gasteiger partial charge in [-0.3, -0.25) is 9.59 Å². The van der Waals surface area contributed by atoms with Gasteiger partial charge in [-0.15, -0.1) is 0 Å². The smallest absolute Gasteiger partial charge is 0.417 e. The predicted octanol–water partition coefficient (Wildman–Crippen LogP) is 1.71. The first-order valence-corrected chi connectivity index (χ1v) is 6.95. The van der Waals surface area contributed by atoms with Crippen LogP contribution in [0.5, 0.6) is 5.88 Å². The van der Waals surface area contributed by atoms with Crippen LogP contribution in [-0.4, -0.2) is 35.1 Å². The van der Waals surface area contributed by atoms with Gasteiger partial charge in [0.15, 0.2) is 0 Å². The summed E-state index contributed by atoms with van der Waals surface area (Å²) in [6.45, 7) is 0.138. The van der Waals surface area contributed by atoms with E-state index in [9.17, 15) is 22.8 Å². The Labute approximate surface area is 129 Å². The van der Waals surface area contributed by atoms with E-state index in [2.05, 4.69) is 10.3 Å². The second-order valence-electron chi connectivity index (χ2n) is 5.15. The summed E-state index contributed by atoms with van der Waals surface area (Å²) in [5.41, 5.74) is -0.872. The monoisotopic (exact) mass is 332 g/mol. The average molecular weight is 332 g/mol.